The smallest absolute Gasteiger partial charge is 0.157 e. The first-order valence-corrected chi connectivity index (χ1v) is 10.9. The fourth-order valence-corrected chi connectivity index (χ4v) is 4.90. The number of fused-ring (bicyclic) bond motifs is 5. The highest BCUT2D eigenvalue weighted by atomic mass is 16.5. The van der Waals surface area contributed by atoms with Gasteiger partial charge in [0.2, 0.25) is 0 Å². The van der Waals surface area contributed by atoms with Crippen LogP contribution in [0.5, 0.6) is 11.5 Å². The lowest BCUT2D eigenvalue weighted by atomic mass is 9.81. The highest BCUT2D eigenvalue weighted by Gasteiger charge is 2.50. The summed E-state index contributed by atoms with van der Waals surface area (Å²) in [5.74, 6) is 2.34. The molecule has 0 amide bonds. The Morgan fingerprint density at radius 3 is 1.58 bits per heavy atom. The van der Waals surface area contributed by atoms with Gasteiger partial charge in [0.25, 0.3) is 0 Å². The van der Waals surface area contributed by atoms with Crippen molar-refractivity contribution >= 4 is 11.5 Å². The summed E-state index contributed by atoms with van der Waals surface area (Å²) in [5.41, 5.74) is 6.93. The van der Waals surface area contributed by atoms with Crippen molar-refractivity contribution < 1.29 is 9.47 Å². The molecular weight excluding hydrogens is 408 g/mol. The maximum absolute atomic E-state index is 5.39. The molecule has 4 aromatic carbocycles. The second-order valence-electron chi connectivity index (χ2n) is 8.15. The predicted octanol–water partition coefficient (Wildman–Crippen LogP) is 5.88. The molecule has 4 nitrogen and oxygen atoms in total. The molecule has 4 aromatic rings. The molecule has 0 aromatic heterocycles. The zero-order valence-corrected chi connectivity index (χ0v) is 18.4. The average Bonchev–Trinajstić information content (AvgIpc) is 3.42. The van der Waals surface area contributed by atoms with E-state index in [-0.39, 0.29) is 0 Å². The first kappa shape index (κ1) is 19.5. The number of benzene rings is 4. The van der Waals surface area contributed by atoms with Crippen molar-refractivity contribution in [3.05, 3.63) is 119 Å². The molecule has 2 aliphatic rings. The SMILES string of the molecule is COc1ccc(C2=NC3(C(c4ccc(OC)cc4)=N2)c2ccccc2-c2ccccc23)cc1. The number of nitrogens with zero attached hydrogens (tertiary/aromatic N) is 2. The van der Waals surface area contributed by atoms with E-state index >= 15 is 0 Å². The third-order valence-electron chi connectivity index (χ3n) is 6.47. The monoisotopic (exact) mass is 430 g/mol. The maximum Gasteiger partial charge on any atom is 0.157 e. The molecule has 0 bridgehead atoms. The highest BCUT2D eigenvalue weighted by Crippen LogP contribution is 2.53. The van der Waals surface area contributed by atoms with Crippen LogP contribution in [0.1, 0.15) is 22.3 Å². The second-order valence-corrected chi connectivity index (χ2v) is 8.15. The minimum atomic E-state index is -0.697. The zero-order chi connectivity index (χ0) is 22.4. The molecule has 1 aliphatic heterocycles. The molecule has 0 atom stereocenters. The Bertz CT molecular complexity index is 1370. The van der Waals surface area contributed by atoms with Crippen molar-refractivity contribution in [1.29, 1.82) is 0 Å². The van der Waals surface area contributed by atoms with Gasteiger partial charge < -0.3 is 9.47 Å². The molecule has 0 saturated heterocycles. The minimum absolute atomic E-state index is 0.697. The topological polar surface area (TPSA) is 43.2 Å². The van der Waals surface area contributed by atoms with Crippen molar-refractivity contribution in [1.82, 2.24) is 0 Å². The number of methoxy groups -OCH3 is 2. The van der Waals surface area contributed by atoms with Crippen molar-refractivity contribution in [3.8, 4) is 22.6 Å². The van der Waals surface area contributed by atoms with Gasteiger partial charge in [-0.2, -0.15) is 0 Å². The summed E-state index contributed by atoms with van der Waals surface area (Å²) in [6, 6.07) is 33.0. The first-order valence-electron chi connectivity index (χ1n) is 10.9. The van der Waals surface area contributed by atoms with E-state index in [1.165, 1.54) is 11.1 Å². The van der Waals surface area contributed by atoms with Crippen LogP contribution in [-0.4, -0.2) is 25.8 Å². The van der Waals surface area contributed by atoms with Gasteiger partial charge >= 0.3 is 0 Å². The fourth-order valence-electron chi connectivity index (χ4n) is 4.90. The number of rotatable bonds is 4. The maximum atomic E-state index is 5.39. The average molecular weight is 431 g/mol. The molecule has 1 aliphatic carbocycles. The lowest BCUT2D eigenvalue weighted by Crippen LogP contribution is -2.31. The molecule has 1 spiro atoms. The number of aliphatic imine (C=N–C) groups is 2. The molecule has 0 radical (unpaired) electrons. The largest absolute Gasteiger partial charge is 0.497 e. The standard InChI is InChI=1S/C29H22N2O2/c1-32-21-15-11-19(12-16-21)27-29(31-28(30-27)20-13-17-22(33-2)18-14-20)25-9-5-3-7-23(25)24-8-4-6-10-26(24)29/h3-18H,1-2H3. The lowest BCUT2D eigenvalue weighted by molar-refractivity contribution is 0.414. The highest BCUT2D eigenvalue weighted by molar-refractivity contribution is 6.24. The Kier molecular flexibility index (Phi) is 4.40. The summed E-state index contributed by atoms with van der Waals surface area (Å²) in [6.07, 6.45) is 0. The normalized spacial score (nSPS) is 15.0. The summed E-state index contributed by atoms with van der Waals surface area (Å²) in [7, 11) is 3.35. The van der Waals surface area contributed by atoms with Gasteiger partial charge in [0, 0.05) is 5.56 Å². The van der Waals surface area contributed by atoms with Crippen LogP contribution in [0.25, 0.3) is 11.1 Å². The van der Waals surface area contributed by atoms with E-state index in [9.17, 15) is 0 Å². The third kappa shape index (κ3) is 2.84. The van der Waals surface area contributed by atoms with Gasteiger partial charge in [0.1, 0.15) is 11.5 Å². The molecular formula is C29H22N2O2. The molecule has 0 fully saturated rings. The Morgan fingerprint density at radius 1 is 0.576 bits per heavy atom. The van der Waals surface area contributed by atoms with Crippen LogP contribution in [0.3, 0.4) is 0 Å². The van der Waals surface area contributed by atoms with Crippen LogP contribution in [0, 0.1) is 0 Å². The Labute approximate surface area is 192 Å². The van der Waals surface area contributed by atoms with Crippen molar-refractivity contribution in [2.45, 2.75) is 5.54 Å². The van der Waals surface area contributed by atoms with Crippen LogP contribution in [0.4, 0.5) is 0 Å². The lowest BCUT2D eigenvalue weighted by Gasteiger charge is -2.26. The van der Waals surface area contributed by atoms with Gasteiger partial charge in [-0.25, -0.2) is 9.98 Å². The van der Waals surface area contributed by atoms with Crippen LogP contribution in [0.15, 0.2) is 107 Å². The van der Waals surface area contributed by atoms with Crippen LogP contribution >= 0.6 is 0 Å². The number of ether oxygens (including phenoxy) is 2. The van der Waals surface area contributed by atoms with Crippen LogP contribution < -0.4 is 9.47 Å². The van der Waals surface area contributed by atoms with Crippen molar-refractivity contribution in [3.63, 3.8) is 0 Å². The Balaban J connectivity index is 1.63. The molecule has 160 valence electrons. The minimum Gasteiger partial charge on any atom is -0.497 e. The zero-order valence-electron chi connectivity index (χ0n) is 18.4. The van der Waals surface area contributed by atoms with E-state index in [1.54, 1.807) is 14.2 Å². The van der Waals surface area contributed by atoms with Crippen LogP contribution in [0.2, 0.25) is 0 Å². The predicted molar refractivity (Wildman–Crippen MR) is 132 cm³/mol. The van der Waals surface area contributed by atoms with Gasteiger partial charge in [-0.05, 0) is 76.3 Å². The van der Waals surface area contributed by atoms with Crippen molar-refractivity contribution in [2.24, 2.45) is 9.98 Å². The molecule has 0 unspecified atom stereocenters. The quantitative estimate of drug-likeness (QED) is 0.406. The van der Waals surface area contributed by atoms with Gasteiger partial charge in [-0.3, -0.25) is 0 Å². The first-order chi connectivity index (χ1) is 16.2. The number of amidine groups is 1. The Morgan fingerprint density at radius 2 is 1.06 bits per heavy atom. The molecule has 33 heavy (non-hydrogen) atoms. The Hall–Kier alpha value is -4.18. The van der Waals surface area contributed by atoms with E-state index in [2.05, 4.69) is 60.7 Å². The number of hydrogen-bond donors (Lipinski definition) is 0. The summed E-state index contributed by atoms with van der Waals surface area (Å²) in [4.78, 5) is 10.5. The molecule has 0 N–H and O–H groups in total. The van der Waals surface area contributed by atoms with E-state index in [4.69, 9.17) is 19.5 Å². The van der Waals surface area contributed by atoms with Gasteiger partial charge in [-0.1, -0.05) is 48.5 Å². The van der Waals surface area contributed by atoms with Gasteiger partial charge in [0.05, 0.1) is 19.9 Å². The summed E-state index contributed by atoms with van der Waals surface area (Å²) >= 11 is 0. The third-order valence-corrected chi connectivity index (χ3v) is 6.47. The van der Waals surface area contributed by atoms with Crippen LogP contribution in [-0.2, 0) is 5.54 Å². The van der Waals surface area contributed by atoms with Gasteiger partial charge in [0.15, 0.2) is 11.4 Å². The second kappa shape index (κ2) is 7.45. The molecule has 4 heteroatoms. The van der Waals surface area contributed by atoms with E-state index < -0.39 is 5.54 Å². The van der Waals surface area contributed by atoms with Gasteiger partial charge in [-0.15, -0.1) is 0 Å². The number of hydrogen-bond acceptors (Lipinski definition) is 4. The molecule has 1 heterocycles. The molecule has 6 rings (SSSR count). The summed E-state index contributed by atoms with van der Waals surface area (Å²) in [5, 5.41) is 0. The van der Waals surface area contributed by atoms with Crippen molar-refractivity contribution in [2.75, 3.05) is 14.2 Å². The summed E-state index contributed by atoms with van der Waals surface area (Å²) < 4.78 is 10.7. The van der Waals surface area contributed by atoms with E-state index in [0.29, 0.717) is 0 Å². The summed E-state index contributed by atoms with van der Waals surface area (Å²) in [6.45, 7) is 0. The fraction of sp³-hybridized carbons (Fsp3) is 0.103. The van der Waals surface area contributed by atoms with E-state index in [0.717, 1.165) is 45.3 Å². The molecule has 0 saturated carbocycles. The van der Waals surface area contributed by atoms with E-state index in [1.807, 2.05) is 36.4 Å².